The summed E-state index contributed by atoms with van der Waals surface area (Å²) < 4.78 is 6.57. The molecule has 0 saturated heterocycles. The number of anilines is 1. The van der Waals surface area contributed by atoms with Crippen LogP contribution in [0, 0.1) is 0 Å². The Morgan fingerprint density at radius 1 is 1.18 bits per heavy atom. The van der Waals surface area contributed by atoms with Gasteiger partial charge in [-0.1, -0.05) is 23.7 Å². The Morgan fingerprint density at radius 2 is 1.93 bits per heavy atom. The third-order valence-corrected chi connectivity index (χ3v) is 4.29. The second-order valence-electron chi connectivity index (χ2n) is 5.85. The molecule has 2 heterocycles. The van der Waals surface area contributed by atoms with Gasteiger partial charge in [0.1, 0.15) is 11.6 Å². The number of amides is 1. The number of para-hydroxylation sites is 1. The van der Waals surface area contributed by atoms with Crippen LogP contribution in [0.2, 0.25) is 5.02 Å². The highest BCUT2D eigenvalue weighted by molar-refractivity contribution is 6.30. The van der Waals surface area contributed by atoms with Crippen molar-refractivity contribution in [3.8, 4) is 17.1 Å². The highest BCUT2D eigenvalue weighted by atomic mass is 35.5. The van der Waals surface area contributed by atoms with Crippen LogP contribution < -0.4 is 15.6 Å². The topological polar surface area (TPSA) is 101 Å². The molecular formula is C19H14ClN5O3. The number of H-pyrrole nitrogens is 1. The van der Waals surface area contributed by atoms with Gasteiger partial charge in [-0.05, 0) is 36.4 Å². The lowest BCUT2D eigenvalue weighted by atomic mass is 10.2. The van der Waals surface area contributed by atoms with Gasteiger partial charge in [-0.15, -0.1) is 5.10 Å². The molecule has 140 valence electrons. The van der Waals surface area contributed by atoms with Gasteiger partial charge in [0.25, 0.3) is 11.5 Å². The Bertz CT molecular complexity index is 1230. The van der Waals surface area contributed by atoms with Crippen molar-refractivity contribution < 1.29 is 9.53 Å². The first kappa shape index (κ1) is 17.7. The van der Waals surface area contributed by atoms with Crippen LogP contribution in [0.25, 0.3) is 17.2 Å². The summed E-state index contributed by atoms with van der Waals surface area (Å²) >= 11 is 5.91. The molecule has 8 nitrogen and oxygen atoms in total. The largest absolute Gasteiger partial charge is 0.496 e. The molecule has 0 spiro atoms. The molecule has 4 rings (SSSR count). The number of nitrogens with one attached hydrogen (secondary N) is 2. The molecule has 2 aromatic carbocycles. The minimum atomic E-state index is -0.437. The smallest absolute Gasteiger partial charge is 0.260 e. The average Bonchev–Trinajstić information content (AvgIpc) is 3.12. The van der Waals surface area contributed by atoms with Crippen LogP contribution >= 0.6 is 11.6 Å². The summed E-state index contributed by atoms with van der Waals surface area (Å²) in [6.45, 7) is 0. The summed E-state index contributed by atoms with van der Waals surface area (Å²) in [7, 11) is 1.48. The van der Waals surface area contributed by atoms with Crippen molar-refractivity contribution in [2.24, 2.45) is 0 Å². The van der Waals surface area contributed by atoms with E-state index >= 15 is 0 Å². The molecule has 2 aromatic heterocycles. The zero-order valence-corrected chi connectivity index (χ0v) is 15.4. The van der Waals surface area contributed by atoms with E-state index in [2.05, 4.69) is 20.4 Å². The van der Waals surface area contributed by atoms with E-state index < -0.39 is 11.5 Å². The number of hydrogen-bond donors (Lipinski definition) is 2. The monoisotopic (exact) mass is 395 g/mol. The molecular weight excluding hydrogens is 382 g/mol. The molecule has 0 bridgehead atoms. The van der Waals surface area contributed by atoms with Gasteiger partial charge in [-0.2, -0.15) is 9.50 Å². The Kier molecular flexibility index (Phi) is 4.54. The molecule has 0 aliphatic heterocycles. The quantitative estimate of drug-likeness (QED) is 0.553. The lowest BCUT2D eigenvalue weighted by Crippen LogP contribution is -2.19. The highest BCUT2D eigenvalue weighted by Crippen LogP contribution is 2.21. The maximum Gasteiger partial charge on any atom is 0.260 e. The van der Waals surface area contributed by atoms with E-state index in [1.54, 1.807) is 48.5 Å². The van der Waals surface area contributed by atoms with E-state index in [1.165, 1.54) is 17.7 Å². The maximum absolute atomic E-state index is 12.7. The predicted molar refractivity (Wildman–Crippen MR) is 105 cm³/mol. The summed E-state index contributed by atoms with van der Waals surface area (Å²) in [4.78, 5) is 31.6. The number of fused-ring (bicyclic) bond motifs is 1. The number of nitrogens with zero attached hydrogens (tertiary/aromatic N) is 3. The van der Waals surface area contributed by atoms with Crippen LogP contribution in [0.3, 0.4) is 0 Å². The molecule has 1 amide bonds. The number of carbonyl (C=O) groups is 1. The first-order valence-electron chi connectivity index (χ1n) is 8.25. The minimum absolute atomic E-state index is 0.183. The van der Waals surface area contributed by atoms with Crippen LogP contribution in [-0.4, -0.2) is 32.6 Å². The van der Waals surface area contributed by atoms with E-state index in [0.29, 0.717) is 22.2 Å². The molecule has 0 aliphatic carbocycles. The maximum atomic E-state index is 12.7. The third-order valence-electron chi connectivity index (χ3n) is 4.03. The zero-order chi connectivity index (χ0) is 19.7. The summed E-state index contributed by atoms with van der Waals surface area (Å²) in [5.74, 6) is 0.746. The number of methoxy groups -OCH3 is 1. The molecule has 2 N–H and O–H groups in total. The lowest BCUT2D eigenvalue weighted by Gasteiger charge is -2.09. The number of aromatic nitrogens is 4. The zero-order valence-electron chi connectivity index (χ0n) is 14.6. The van der Waals surface area contributed by atoms with Gasteiger partial charge in [0.2, 0.25) is 5.78 Å². The van der Waals surface area contributed by atoms with Gasteiger partial charge in [-0.25, -0.2) is 0 Å². The number of hydrogen-bond acceptors (Lipinski definition) is 5. The normalized spacial score (nSPS) is 10.8. The molecule has 0 radical (unpaired) electrons. The van der Waals surface area contributed by atoms with Gasteiger partial charge in [0, 0.05) is 16.7 Å². The second kappa shape index (κ2) is 7.16. The van der Waals surface area contributed by atoms with Crippen LogP contribution in [0.5, 0.6) is 5.75 Å². The van der Waals surface area contributed by atoms with Gasteiger partial charge in [0.15, 0.2) is 5.82 Å². The van der Waals surface area contributed by atoms with Gasteiger partial charge < -0.3 is 10.1 Å². The van der Waals surface area contributed by atoms with Crippen molar-refractivity contribution in [3.63, 3.8) is 0 Å². The Hall–Kier alpha value is -3.65. The first-order valence-corrected chi connectivity index (χ1v) is 8.63. The van der Waals surface area contributed by atoms with Gasteiger partial charge in [-0.3, -0.25) is 14.6 Å². The standard InChI is InChI=1S/C19H14ClN5O3/c1-28-14-5-3-2-4-13(14)18(27)21-15-10-16(26)22-19-23-17(24-25(15)19)11-6-8-12(20)9-7-11/h2-10H,1H3,(H,21,27)(H,22,23,24,26). The molecule has 0 atom stereocenters. The Morgan fingerprint density at radius 3 is 2.68 bits per heavy atom. The molecule has 28 heavy (non-hydrogen) atoms. The van der Waals surface area contributed by atoms with E-state index in [1.807, 2.05) is 0 Å². The van der Waals surface area contributed by atoms with Crippen molar-refractivity contribution in [3.05, 3.63) is 75.5 Å². The summed E-state index contributed by atoms with van der Waals surface area (Å²) in [6.07, 6.45) is 0. The minimum Gasteiger partial charge on any atom is -0.496 e. The molecule has 9 heteroatoms. The van der Waals surface area contributed by atoms with Gasteiger partial charge >= 0.3 is 0 Å². The average molecular weight is 396 g/mol. The van der Waals surface area contributed by atoms with Crippen molar-refractivity contribution in [2.75, 3.05) is 12.4 Å². The fourth-order valence-electron chi connectivity index (χ4n) is 2.72. The summed E-state index contributed by atoms with van der Waals surface area (Å²) in [5.41, 5.74) is 0.630. The molecule has 0 unspecified atom stereocenters. The Balaban J connectivity index is 1.75. The van der Waals surface area contributed by atoms with Crippen molar-refractivity contribution in [2.45, 2.75) is 0 Å². The number of carbonyl (C=O) groups excluding carboxylic acids is 1. The van der Waals surface area contributed by atoms with Crippen LogP contribution in [0.4, 0.5) is 5.82 Å². The molecule has 0 saturated carbocycles. The van der Waals surface area contributed by atoms with Crippen LogP contribution in [0.15, 0.2) is 59.4 Å². The van der Waals surface area contributed by atoms with E-state index in [9.17, 15) is 9.59 Å². The van der Waals surface area contributed by atoms with Crippen molar-refractivity contribution >= 4 is 29.1 Å². The van der Waals surface area contributed by atoms with Crippen LogP contribution in [0.1, 0.15) is 10.4 Å². The number of ether oxygens (including phenoxy) is 1. The van der Waals surface area contributed by atoms with Crippen molar-refractivity contribution in [1.29, 1.82) is 0 Å². The summed E-state index contributed by atoms with van der Waals surface area (Å²) in [6, 6.07) is 15.0. The number of rotatable bonds is 4. The number of aromatic amines is 1. The SMILES string of the molecule is COc1ccccc1C(=O)Nc1cc(=O)[nH]c2nc(-c3ccc(Cl)cc3)nn12. The summed E-state index contributed by atoms with van der Waals surface area (Å²) in [5, 5.41) is 7.67. The Labute approximate surface area is 163 Å². The van der Waals surface area contributed by atoms with E-state index in [-0.39, 0.29) is 11.6 Å². The lowest BCUT2D eigenvalue weighted by molar-refractivity contribution is 0.102. The molecule has 4 aromatic rings. The van der Waals surface area contributed by atoms with E-state index in [0.717, 1.165) is 5.56 Å². The highest BCUT2D eigenvalue weighted by Gasteiger charge is 2.16. The van der Waals surface area contributed by atoms with Crippen molar-refractivity contribution in [1.82, 2.24) is 19.6 Å². The van der Waals surface area contributed by atoms with E-state index in [4.69, 9.17) is 16.3 Å². The fraction of sp³-hybridized carbons (Fsp3) is 0.0526. The second-order valence-corrected chi connectivity index (χ2v) is 6.29. The number of benzene rings is 2. The third kappa shape index (κ3) is 3.33. The predicted octanol–water partition coefficient (Wildman–Crippen LogP) is 3.00. The number of halogens is 1. The fourth-order valence-corrected chi connectivity index (χ4v) is 2.84. The molecule has 0 fully saturated rings. The van der Waals surface area contributed by atoms with Crippen LogP contribution in [-0.2, 0) is 0 Å². The first-order chi connectivity index (χ1) is 13.5. The van der Waals surface area contributed by atoms with Gasteiger partial charge in [0.05, 0.1) is 12.7 Å². The molecule has 0 aliphatic rings.